The fourth-order valence-electron chi connectivity index (χ4n) is 3.12. The molecule has 0 bridgehead atoms. The number of rotatable bonds is 2. The smallest absolute Gasteiger partial charge is 0.269 e. The van der Waals surface area contributed by atoms with Gasteiger partial charge in [0.2, 0.25) is 0 Å². The molecule has 116 valence electrons. The Hall–Kier alpha value is -2.82. The van der Waals surface area contributed by atoms with Gasteiger partial charge in [-0.15, -0.1) is 0 Å². The lowest BCUT2D eigenvalue weighted by Crippen LogP contribution is -2.41. The molecule has 0 radical (unpaired) electrons. The van der Waals surface area contributed by atoms with E-state index in [9.17, 15) is 10.0 Å². The van der Waals surface area contributed by atoms with Crippen LogP contribution in [0.1, 0.15) is 17.5 Å². The molecule has 0 aromatic heterocycles. The number of amides is 1. The average Bonchev–Trinajstić information content (AvgIpc) is 3.30. The fourth-order valence-corrected chi connectivity index (χ4v) is 3.12. The van der Waals surface area contributed by atoms with Gasteiger partial charge in [0.1, 0.15) is 5.75 Å². The molecule has 1 heterocycles. The molecule has 1 aliphatic carbocycles. The maximum Gasteiger partial charge on any atom is 0.269 e. The number of carbonyl (C=O) groups excluding carboxylic acids is 1. The van der Waals surface area contributed by atoms with Gasteiger partial charge < -0.3 is 15.3 Å². The number of hydrogen-bond donors (Lipinski definition) is 2. The van der Waals surface area contributed by atoms with Crippen molar-refractivity contribution in [3.63, 3.8) is 0 Å². The SMILES string of the molecule is Cc1ccc(NC(=O)[C@]23C[C@H]2/C(=N/O)c2ccccc2O3)cc1. The van der Waals surface area contributed by atoms with Crippen LogP contribution >= 0.6 is 0 Å². The maximum absolute atomic E-state index is 12.7. The van der Waals surface area contributed by atoms with E-state index in [1.54, 1.807) is 6.07 Å². The first-order valence-corrected chi connectivity index (χ1v) is 7.52. The zero-order chi connectivity index (χ0) is 16.0. The van der Waals surface area contributed by atoms with Crippen molar-refractivity contribution >= 4 is 17.3 Å². The van der Waals surface area contributed by atoms with Gasteiger partial charge in [-0.3, -0.25) is 4.79 Å². The summed E-state index contributed by atoms with van der Waals surface area (Å²) in [6, 6.07) is 14.9. The molecule has 4 rings (SSSR count). The third-order valence-electron chi connectivity index (χ3n) is 4.50. The second kappa shape index (κ2) is 4.84. The van der Waals surface area contributed by atoms with E-state index in [0.29, 0.717) is 17.9 Å². The summed E-state index contributed by atoms with van der Waals surface area (Å²) in [4.78, 5) is 12.7. The van der Waals surface area contributed by atoms with E-state index in [2.05, 4.69) is 10.5 Å². The molecule has 0 saturated heterocycles. The van der Waals surface area contributed by atoms with Crippen molar-refractivity contribution in [2.24, 2.45) is 11.1 Å². The van der Waals surface area contributed by atoms with Gasteiger partial charge in [0, 0.05) is 17.7 Å². The molecular formula is C18H16N2O3. The highest BCUT2D eigenvalue weighted by Gasteiger charge is 2.68. The number of carbonyl (C=O) groups is 1. The van der Waals surface area contributed by atoms with Crippen LogP contribution < -0.4 is 10.1 Å². The van der Waals surface area contributed by atoms with Gasteiger partial charge in [-0.1, -0.05) is 35.0 Å². The van der Waals surface area contributed by atoms with Gasteiger partial charge in [0.15, 0.2) is 5.60 Å². The number of hydrogen-bond acceptors (Lipinski definition) is 4. The monoisotopic (exact) mass is 308 g/mol. The molecule has 0 unspecified atom stereocenters. The minimum Gasteiger partial charge on any atom is -0.476 e. The summed E-state index contributed by atoms with van der Waals surface area (Å²) < 4.78 is 5.98. The molecule has 1 amide bonds. The standard InChI is InChI=1S/C18H16N2O3/c1-11-6-8-12(9-7-11)19-17(21)18-10-14(18)16(20-22)13-4-2-3-5-15(13)23-18/h2-9,14,22H,10H2,1H3,(H,19,21)/b20-16+/t14-,18-/m0/s1. The first kappa shape index (κ1) is 13.8. The normalized spacial score (nSPS) is 26.0. The highest BCUT2D eigenvalue weighted by atomic mass is 16.5. The fraction of sp³-hybridized carbons (Fsp3) is 0.222. The number of ether oxygens (including phenoxy) is 1. The molecule has 0 spiro atoms. The van der Waals surface area contributed by atoms with Gasteiger partial charge in [-0.2, -0.15) is 0 Å². The van der Waals surface area contributed by atoms with Crippen LogP contribution in [0.25, 0.3) is 0 Å². The van der Waals surface area contributed by atoms with Crippen molar-refractivity contribution in [2.45, 2.75) is 18.9 Å². The lowest BCUT2D eigenvalue weighted by molar-refractivity contribution is -0.125. The highest BCUT2D eigenvalue weighted by Crippen LogP contribution is 2.54. The van der Waals surface area contributed by atoms with Gasteiger partial charge in [-0.25, -0.2) is 0 Å². The van der Waals surface area contributed by atoms with Crippen LogP contribution in [0.5, 0.6) is 5.75 Å². The Bertz CT molecular complexity index is 813. The van der Waals surface area contributed by atoms with Crippen LogP contribution in [0.15, 0.2) is 53.7 Å². The van der Waals surface area contributed by atoms with Gasteiger partial charge >= 0.3 is 0 Å². The van der Waals surface area contributed by atoms with E-state index in [4.69, 9.17) is 4.74 Å². The third-order valence-corrected chi connectivity index (χ3v) is 4.50. The summed E-state index contributed by atoms with van der Waals surface area (Å²) in [5.41, 5.74) is 2.15. The van der Waals surface area contributed by atoms with E-state index >= 15 is 0 Å². The largest absolute Gasteiger partial charge is 0.476 e. The third kappa shape index (κ3) is 2.08. The molecule has 2 N–H and O–H groups in total. The molecule has 1 saturated carbocycles. The summed E-state index contributed by atoms with van der Waals surface area (Å²) >= 11 is 0. The lowest BCUT2D eigenvalue weighted by atomic mass is 9.99. The number of anilines is 1. The van der Waals surface area contributed by atoms with E-state index in [-0.39, 0.29) is 11.8 Å². The van der Waals surface area contributed by atoms with Crippen molar-refractivity contribution in [3.05, 3.63) is 59.7 Å². The van der Waals surface area contributed by atoms with Gasteiger partial charge in [0.05, 0.1) is 11.6 Å². The average molecular weight is 308 g/mol. The van der Waals surface area contributed by atoms with Crippen LogP contribution in [0, 0.1) is 12.8 Å². The molecule has 23 heavy (non-hydrogen) atoms. The van der Waals surface area contributed by atoms with Crippen molar-refractivity contribution in [2.75, 3.05) is 5.32 Å². The summed E-state index contributed by atoms with van der Waals surface area (Å²) in [7, 11) is 0. The number of benzene rings is 2. The molecule has 2 aliphatic rings. The maximum atomic E-state index is 12.7. The van der Waals surface area contributed by atoms with Crippen molar-refractivity contribution in [3.8, 4) is 5.75 Å². The first-order chi connectivity index (χ1) is 11.1. The number of aryl methyl sites for hydroxylation is 1. The lowest BCUT2D eigenvalue weighted by Gasteiger charge is -2.25. The van der Waals surface area contributed by atoms with Crippen molar-refractivity contribution in [1.82, 2.24) is 0 Å². The van der Waals surface area contributed by atoms with Crippen LogP contribution in [-0.2, 0) is 4.79 Å². The Balaban J connectivity index is 1.63. The summed E-state index contributed by atoms with van der Waals surface area (Å²) in [5, 5.41) is 15.7. The molecule has 5 heteroatoms. The summed E-state index contributed by atoms with van der Waals surface area (Å²) in [5.74, 6) is 0.156. The number of nitrogens with one attached hydrogen (secondary N) is 1. The van der Waals surface area contributed by atoms with Crippen LogP contribution in [0.3, 0.4) is 0 Å². The van der Waals surface area contributed by atoms with E-state index in [1.165, 1.54) is 0 Å². The number of oxime groups is 1. The molecule has 2 aromatic carbocycles. The first-order valence-electron chi connectivity index (χ1n) is 7.52. The van der Waals surface area contributed by atoms with E-state index in [1.807, 2.05) is 49.4 Å². The van der Waals surface area contributed by atoms with Crippen molar-refractivity contribution < 1.29 is 14.7 Å². The zero-order valence-electron chi connectivity index (χ0n) is 12.6. The van der Waals surface area contributed by atoms with Crippen molar-refractivity contribution in [1.29, 1.82) is 0 Å². The van der Waals surface area contributed by atoms with Crippen LogP contribution in [0.2, 0.25) is 0 Å². The topological polar surface area (TPSA) is 70.9 Å². The highest BCUT2D eigenvalue weighted by molar-refractivity contribution is 6.15. The minimum atomic E-state index is -0.971. The number of fused-ring (bicyclic) bond motifs is 2. The quantitative estimate of drug-likeness (QED) is 0.662. The molecule has 5 nitrogen and oxygen atoms in total. The molecule has 2 aromatic rings. The Labute approximate surface area is 133 Å². The number of nitrogens with zero attached hydrogens (tertiary/aromatic N) is 1. The zero-order valence-corrected chi connectivity index (χ0v) is 12.6. The molecule has 2 atom stereocenters. The Morgan fingerprint density at radius 3 is 2.74 bits per heavy atom. The molecule has 1 aliphatic heterocycles. The predicted octanol–water partition coefficient (Wildman–Crippen LogP) is 2.96. The van der Waals surface area contributed by atoms with Gasteiger partial charge in [-0.05, 0) is 31.2 Å². The minimum absolute atomic E-state index is 0.206. The Morgan fingerprint density at radius 1 is 1.26 bits per heavy atom. The van der Waals surface area contributed by atoms with E-state index < -0.39 is 5.60 Å². The van der Waals surface area contributed by atoms with E-state index in [0.717, 1.165) is 16.8 Å². The second-order valence-electron chi connectivity index (χ2n) is 6.05. The predicted molar refractivity (Wildman–Crippen MR) is 86.0 cm³/mol. The van der Waals surface area contributed by atoms with Gasteiger partial charge in [0.25, 0.3) is 5.91 Å². The Morgan fingerprint density at radius 2 is 2.00 bits per heavy atom. The Kier molecular flexibility index (Phi) is 2.91. The van der Waals surface area contributed by atoms with Crippen LogP contribution in [0.4, 0.5) is 5.69 Å². The molecule has 1 fully saturated rings. The summed E-state index contributed by atoms with van der Waals surface area (Å²) in [6.45, 7) is 1.99. The number of para-hydroxylation sites is 1. The van der Waals surface area contributed by atoms with Crippen LogP contribution in [-0.4, -0.2) is 22.4 Å². The molecular weight excluding hydrogens is 292 g/mol. The second-order valence-corrected chi connectivity index (χ2v) is 6.05. The summed E-state index contributed by atoms with van der Waals surface area (Å²) in [6.07, 6.45) is 0.513.